The smallest absolute Gasteiger partial charge is 0.255 e. The predicted octanol–water partition coefficient (Wildman–Crippen LogP) is 3.84. The van der Waals surface area contributed by atoms with Crippen LogP contribution in [-0.4, -0.2) is 69.4 Å². The van der Waals surface area contributed by atoms with E-state index in [-0.39, 0.29) is 36.9 Å². The lowest BCUT2D eigenvalue weighted by Crippen LogP contribution is -2.50. The first-order valence-electron chi connectivity index (χ1n) is 14.6. The summed E-state index contributed by atoms with van der Waals surface area (Å²) in [6.45, 7) is 3.82. The Morgan fingerprint density at radius 3 is 2.76 bits per heavy atom. The molecule has 3 aliphatic rings. The lowest BCUT2D eigenvalue weighted by molar-refractivity contribution is -0.119. The number of pyridine rings is 1. The van der Waals surface area contributed by atoms with Crippen LogP contribution in [0.5, 0.6) is 5.75 Å². The van der Waals surface area contributed by atoms with Gasteiger partial charge in [0.25, 0.3) is 5.91 Å². The number of benzene rings is 1. The maximum absolute atomic E-state index is 15.6. The van der Waals surface area contributed by atoms with E-state index in [4.69, 9.17) is 15.6 Å². The molecule has 3 atom stereocenters. The molecule has 1 aromatic carbocycles. The van der Waals surface area contributed by atoms with Crippen molar-refractivity contribution in [2.24, 2.45) is 17.6 Å². The number of carbonyl (C=O) groups excluding carboxylic acids is 2. The van der Waals surface area contributed by atoms with Crippen molar-refractivity contribution < 1.29 is 23.1 Å². The van der Waals surface area contributed by atoms with E-state index in [1.165, 1.54) is 21.7 Å². The van der Waals surface area contributed by atoms with Crippen molar-refractivity contribution in [2.45, 2.75) is 51.4 Å². The second-order valence-corrected chi connectivity index (χ2v) is 12.1. The molecule has 42 heavy (non-hydrogen) atoms. The van der Waals surface area contributed by atoms with Crippen LogP contribution in [0.25, 0.3) is 27.8 Å². The Bertz CT molecular complexity index is 1700. The van der Waals surface area contributed by atoms with Crippen LogP contribution in [0.3, 0.4) is 0 Å². The maximum atomic E-state index is 15.6. The average molecular weight is 577 g/mol. The van der Waals surface area contributed by atoms with Crippen LogP contribution in [0.4, 0.5) is 8.78 Å². The zero-order valence-electron chi connectivity index (χ0n) is 23.5. The van der Waals surface area contributed by atoms with Gasteiger partial charge in [-0.25, -0.2) is 13.3 Å². The van der Waals surface area contributed by atoms with E-state index in [2.05, 4.69) is 16.0 Å². The molecule has 3 N–H and O–H groups in total. The van der Waals surface area contributed by atoms with Gasteiger partial charge in [0.05, 0.1) is 29.9 Å². The van der Waals surface area contributed by atoms with Gasteiger partial charge in [0.1, 0.15) is 28.9 Å². The van der Waals surface area contributed by atoms with E-state index in [1.54, 1.807) is 0 Å². The fourth-order valence-electron chi connectivity index (χ4n) is 6.40. The number of nitrogens with zero attached hydrogens (tertiary/aromatic N) is 4. The number of fused-ring (bicyclic) bond motifs is 2. The van der Waals surface area contributed by atoms with Gasteiger partial charge in [0, 0.05) is 55.2 Å². The Morgan fingerprint density at radius 1 is 1.19 bits per heavy atom. The Morgan fingerprint density at radius 2 is 2.02 bits per heavy atom. The van der Waals surface area contributed by atoms with E-state index < -0.39 is 23.9 Å². The van der Waals surface area contributed by atoms with Gasteiger partial charge in [-0.15, -0.1) is 0 Å². The first-order chi connectivity index (χ1) is 20.2. The first-order valence-corrected chi connectivity index (χ1v) is 14.6. The largest absolute Gasteiger partial charge is 0.491 e. The van der Waals surface area contributed by atoms with Gasteiger partial charge in [-0.2, -0.15) is 5.10 Å². The molecule has 3 aromatic heterocycles. The van der Waals surface area contributed by atoms with Crippen molar-refractivity contribution in [3.8, 4) is 17.1 Å². The molecule has 4 aromatic rings. The highest BCUT2D eigenvalue weighted by atomic mass is 19.1. The predicted molar refractivity (Wildman–Crippen MR) is 154 cm³/mol. The van der Waals surface area contributed by atoms with E-state index in [0.29, 0.717) is 42.3 Å². The molecule has 0 spiro atoms. The Labute approximate surface area is 241 Å². The lowest BCUT2D eigenvalue weighted by atomic mass is 10.0. The monoisotopic (exact) mass is 576 g/mol. The van der Waals surface area contributed by atoms with Crippen molar-refractivity contribution in [3.05, 3.63) is 53.5 Å². The second-order valence-electron chi connectivity index (χ2n) is 12.1. The van der Waals surface area contributed by atoms with Crippen molar-refractivity contribution in [3.63, 3.8) is 0 Å². The number of nitrogens with one attached hydrogen (secondary N) is 1. The summed E-state index contributed by atoms with van der Waals surface area (Å²) in [5.41, 5.74) is 9.41. The third-order valence-electron chi connectivity index (χ3n) is 8.68. The van der Waals surface area contributed by atoms with Crippen molar-refractivity contribution in [2.75, 3.05) is 26.2 Å². The van der Waals surface area contributed by atoms with Crippen LogP contribution in [0.2, 0.25) is 0 Å². The normalized spacial score (nSPS) is 22.7. The number of aryl methyl sites for hydroxylation is 1. The number of nitrogens with two attached hydrogens (primary N) is 1. The number of halogens is 2. The summed E-state index contributed by atoms with van der Waals surface area (Å²) in [5.74, 6) is 0.418. The number of rotatable bonds is 7. The van der Waals surface area contributed by atoms with E-state index >= 15 is 4.39 Å². The van der Waals surface area contributed by atoms with Crippen LogP contribution < -0.4 is 15.8 Å². The SMILES string of the molecule is Cc1c(-c2cc3cccc(OCC4CNC(=O)C4)c3n2CC2CC2)nn2cc(C(=O)N3C[C@H](N)C[C@@H](F)C3)cc(F)c12. The summed E-state index contributed by atoms with van der Waals surface area (Å²) in [5, 5.41) is 8.64. The fourth-order valence-corrected chi connectivity index (χ4v) is 6.40. The second kappa shape index (κ2) is 10.4. The summed E-state index contributed by atoms with van der Waals surface area (Å²) >= 11 is 0. The number of hydrogen-bond donors (Lipinski definition) is 2. The van der Waals surface area contributed by atoms with Gasteiger partial charge in [-0.05, 0) is 50.3 Å². The molecule has 3 fully saturated rings. The van der Waals surface area contributed by atoms with Gasteiger partial charge in [-0.3, -0.25) is 9.59 Å². The number of likely N-dealkylation sites (tertiary alicyclic amines) is 1. The Kier molecular flexibility index (Phi) is 6.64. The number of amides is 2. The van der Waals surface area contributed by atoms with Crippen LogP contribution in [0.15, 0.2) is 36.5 Å². The number of hydrogen-bond acceptors (Lipinski definition) is 5. The molecule has 0 radical (unpaired) electrons. The number of piperidine rings is 1. The van der Waals surface area contributed by atoms with Crippen LogP contribution in [0, 0.1) is 24.6 Å². The maximum Gasteiger partial charge on any atom is 0.255 e. The molecular weight excluding hydrogens is 542 g/mol. The van der Waals surface area contributed by atoms with E-state index in [9.17, 15) is 14.0 Å². The lowest BCUT2D eigenvalue weighted by Gasteiger charge is -2.32. The minimum absolute atomic E-state index is 0.0479. The van der Waals surface area contributed by atoms with Crippen LogP contribution in [0.1, 0.15) is 41.6 Å². The molecule has 220 valence electrons. The molecule has 1 unspecified atom stereocenters. The topological polar surface area (TPSA) is 107 Å². The van der Waals surface area contributed by atoms with Crippen molar-refractivity contribution in [1.29, 1.82) is 0 Å². The van der Waals surface area contributed by atoms with Crippen molar-refractivity contribution in [1.82, 2.24) is 24.4 Å². The molecule has 7 rings (SSSR count). The summed E-state index contributed by atoms with van der Waals surface area (Å²) in [6.07, 6.45) is 3.26. The molecule has 0 bridgehead atoms. The molecule has 2 amide bonds. The van der Waals surface area contributed by atoms with Gasteiger partial charge < -0.3 is 25.3 Å². The van der Waals surface area contributed by atoms with Gasteiger partial charge in [-0.1, -0.05) is 12.1 Å². The fraction of sp³-hybridized carbons (Fsp3) is 0.452. The summed E-state index contributed by atoms with van der Waals surface area (Å²) < 4.78 is 39.7. The van der Waals surface area contributed by atoms with Crippen LogP contribution >= 0.6 is 0 Å². The average Bonchev–Trinajstić information content (AvgIpc) is 3.41. The van der Waals surface area contributed by atoms with E-state index in [0.717, 1.165) is 41.7 Å². The highest BCUT2D eigenvalue weighted by Crippen LogP contribution is 2.40. The highest BCUT2D eigenvalue weighted by Gasteiger charge is 2.31. The third kappa shape index (κ3) is 4.89. The highest BCUT2D eigenvalue weighted by molar-refractivity contribution is 5.95. The van der Waals surface area contributed by atoms with Crippen LogP contribution in [-0.2, 0) is 11.3 Å². The quantitative estimate of drug-likeness (QED) is 0.348. The minimum atomic E-state index is -1.20. The Balaban J connectivity index is 1.28. The minimum Gasteiger partial charge on any atom is -0.491 e. The summed E-state index contributed by atoms with van der Waals surface area (Å²) in [7, 11) is 0. The summed E-state index contributed by atoms with van der Waals surface area (Å²) in [4.78, 5) is 26.2. The molecule has 9 nitrogen and oxygen atoms in total. The van der Waals surface area contributed by atoms with Crippen molar-refractivity contribution >= 4 is 28.2 Å². The summed E-state index contributed by atoms with van der Waals surface area (Å²) in [6, 6.07) is 8.73. The zero-order chi connectivity index (χ0) is 29.1. The molecular formula is C31H34F2N6O3. The zero-order valence-corrected chi connectivity index (χ0v) is 23.5. The van der Waals surface area contributed by atoms with Gasteiger partial charge in [0.15, 0.2) is 0 Å². The molecule has 5 heterocycles. The molecule has 1 saturated carbocycles. The standard InChI is InChI=1S/C31H34F2N6O3/c1-17-28(36-39-13-21(8-24(33)29(17)39)31(41)37-14-22(32)10-23(34)15-37)25-9-20-3-2-4-26(30(20)38(25)12-18-5-6-18)42-16-19-7-27(40)35-11-19/h2-4,8-9,13,18-19,22-23H,5-7,10-12,14-16,34H2,1H3,(H,35,40)/t19?,22-,23-/m1/s1. The van der Waals surface area contributed by atoms with E-state index in [1.807, 2.05) is 25.1 Å². The molecule has 1 aliphatic carbocycles. The number of ether oxygens (including phenoxy) is 1. The third-order valence-corrected chi connectivity index (χ3v) is 8.68. The first kappa shape index (κ1) is 26.9. The number of aromatic nitrogens is 3. The molecule has 2 saturated heterocycles. The number of carbonyl (C=O) groups is 2. The molecule has 11 heteroatoms. The van der Waals surface area contributed by atoms with Gasteiger partial charge in [0.2, 0.25) is 5.91 Å². The van der Waals surface area contributed by atoms with Gasteiger partial charge >= 0.3 is 0 Å². The Hall–Kier alpha value is -3.99. The molecule has 2 aliphatic heterocycles. The number of para-hydroxylation sites is 1. The number of alkyl halides is 1.